The van der Waals surface area contributed by atoms with Crippen molar-refractivity contribution >= 4 is 28.3 Å². The number of para-hydroxylation sites is 1. The summed E-state index contributed by atoms with van der Waals surface area (Å²) < 4.78 is 11.3. The average molecular weight is 370 g/mol. The molecule has 0 fully saturated rings. The van der Waals surface area contributed by atoms with Crippen LogP contribution in [0.1, 0.15) is 6.92 Å². The zero-order valence-electron chi connectivity index (χ0n) is 14.4. The van der Waals surface area contributed by atoms with Crippen LogP contribution in [0.15, 0.2) is 66.7 Å². The summed E-state index contributed by atoms with van der Waals surface area (Å²) >= 11 is 6.03. The normalized spacial score (nSPS) is 11.8. The van der Waals surface area contributed by atoms with Crippen LogP contribution in [-0.2, 0) is 4.79 Å². The van der Waals surface area contributed by atoms with E-state index < -0.39 is 6.10 Å². The summed E-state index contributed by atoms with van der Waals surface area (Å²) in [5.41, 5.74) is 0. The van der Waals surface area contributed by atoms with Crippen molar-refractivity contribution in [2.24, 2.45) is 0 Å². The summed E-state index contributed by atoms with van der Waals surface area (Å²) in [7, 11) is 0. The molecule has 3 aromatic carbocycles. The summed E-state index contributed by atoms with van der Waals surface area (Å²) in [4.78, 5) is 12.1. The minimum atomic E-state index is -0.643. The van der Waals surface area contributed by atoms with Crippen LogP contribution in [0.2, 0.25) is 5.02 Å². The van der Waals surface area contributed by atoms with Gasteiger partial charge in [-0.05, 0) is 42.0 Å². The number of nitrogens with one attached hydrogen (secondary N) is 1. The maximum absolute atomic E-state index is 12.1. The lowest BCUT2D eigenvalue weighted by molar-refractivity contribution is -0.127. The lowest BCUT2D eigenvalue weighted by atomic mass is 10.1. The van der Waals surface area contributed by atoms with Gasteiger partial charge in [-0.15, -0.1) is 0 Å². The van der Waals surface area contributed by atoms with Crippen LogP contribution in [0, 0.1) is 0 Å². The van der Waals surface area contributed by atoms with Gasteiger partial charge in [0.1, 0.15) is 18.1 Å². The van der Waals surface area contributed by atoms with Crippen molar-refractivity contribution in [2.45, 2.75) is 13.0 Å². The predicted octanol–water partition coefficient (Wildman–Crippen LogP) is 4.46. The van der Waals surface area contributed by atoms with Gasteiger partial charge in [0.15, 0.2) is 6.10 Å². The van der Waals surface area contributed by atoms with Crippen LogP contribution in [0.25, 0.3) is 10.8 Å². The second kappa shape index (κ2) is 8.59. The number of hydrogen-bond donors (Lipinski definition) is 1. The van der Waals surface area contributed by atoms with Crippen LogP contribution in [-0.4, -0.2) is 25.2 Å². The van der Waals surface area contributed by atoms with E-state index in [1.54, 1.807) is 19.1 Å². The summed E-state index contributed by atoms with van der Waals surface area (Å²) in [5.74, 6) is 1.05. The molecule has 1 amide bonds. The van der Waals surface area contributed by atoms with Gasteiger partial charge in [0.25, 0.3) is 5.91 Å². The molecular formula is C21H20ClNO3. The number of ether oxygens (including phenoxy) is 2. The van der Waals surface area contributed by atoms with E-state index in [-0.39, 0.29) is 5.91 Å². The minimum Gasteiger partial charge on any atom is -0.492 e. The Morgan fingerprint density at radius 3 is 2.58 bits per heavy atom. The first-order chi connectivity index (χ1) is 12.6. The van der Waals surface area contributed by atoms with E-state index >= 15 is 0 Å². The SMILES string of the molecule is C[C@H](Oc1ccccc1Cl)C(=O)NCCOc1ccc2ccccc2c1. The van der Waals surface area contributed by atoms with E-state index in [1.807, 2.05) is 48.5 Å². The molecule has 1 N–H and O–H groups in total. The van der Waals surface area contributed by atoms with E-state index in [9.17, 15) is 4.79 Å². The molecule has 0 saturated carbocycles. The molecule has 0 heterocycles. The summed E-state index contributed by atoms with van der Waals surface area (Å²) in [6, 6.07) is 21.1. The fraction of sp³-hybridized carbons (Fsp3) is 0.190. The first-order valence-electron chi connectivity index (χ1n) is 8.44. The number of halogens is 1. The van der Waals surface area contributed by atoms with Crippen molar-refractivity contribution in [1.82, 2.24) is 5.32 Å². The fourth-order valence-electron chi connectivity index (χ4n) is 2.53. The highest BCUT2D eigenvalue weighted by atomic mass is 35.5. The number of carbonyl (C=O) groups is 1. The third-order valence-electron chi connectivity index (χ3n) is 3.90. The topological polar surface area (TPSA) is 47.6 Å². The smallest absolute Gasteiger partial charge is 0.260 e. The van der Waals surface area contributed by atoms with Crippen molar-refractivity contribution < 1.29 is 14.3 Å². The molecule has 0 spiro atoms. The molecule has 26 heavy (non-hydrogen) atoms. The van der Waals surface area contributed by atoms with Crippen molar-refractivity contribution in [3.8, 4) is 11.5 Å². The zero-order chi connectivity index (χ0) is 18.4. The highest BCUT2D eigenvalue weighted by Crippen LogP contribution is 2.24. The van der Waals surface area contributed by atoms with Crippen LogP contribution in [0.3, 0.4) is 0 Å². The summed E-state index contributed by atoms with van der Waals surface area (Å²) in [6.45, 7) is 2.45. The van der Waals surface area contributed by atoms with Gasteiger partial charge in [0.2, 0.25) is 0 Å². The molecule has 0 aromatic heterocycles. The Labute approximate surface area is 157 Å². The molecule has 0 unspecified atom stereocenters. The van der Waals surface area contributed by atoms with Crippen molar-refractivity contribution in [3.63, 3.8) is 0 Å². The molecule has 3 rings (SSSR count). The third-order valence-corrected chi connectivity index (χ3v) is 4.21. The monoisotopic (exact) mass is 369 g/mol. The number of hydrogen-bond acceptors (Lipinski definition) is 3. The van der Waals surface area contributed by atoms with Crippen LogP contribution in [0.5, 0.6) is 11.5 Å². The number of benzene rings is 3. The Hall–Kier alpha value is -2.72. The lowest BCUT2D eigenvalue weighted by Crippen LogP contribution is -2.38. The van der Waals surface area contributed by atoms with Gasteiger partial charge in [0, 0.05) is 0 Å². The van der Waals surface area contributed by atoms with Crippen LogP contribution >= 0.6 is 11.6 Å². The van der Waals surface area contributed by atoms with E-state index in [4.69, 9.17) is 21.1 Å². The van der Waals surface area contributed by atoms with E-state index in [0.717, 1.165) is 11.1 Å². The molecule has 0 aliphatic heterocycles. The molecule has 0 aliphatic carbocycles. The highest BCUT2D eigenvalue weighted by Gasteiger charge is 2.15. The Bertz CT molecular complexity index is 897. The van der Waals surface area contributed by atoms with Crippen molar-refractivity contribution in [2.75, 3.05) is 13.2 Å². The molecule has 0 radical (unpaired) electrons. The second-order valence-electron chi connectivity index (χ2n) is 5.84. The standard InChI is InChI=1S/C21H20ClNO3/c1-15(26-20-9-5-4-8-19(20)22)21(24)23-12-13-25-18-11-10-16-6-2-3-7-17(16)14-18/h2-11,14-15H,12-13H2,1H3,(H,23,24)/t15-/m0/s1. The molecule has 0 bridgehead atoms. The van der Waals surface area contributed by atoms with Crippen LogP contribution < -0.4 is 14.8 Å². The number of fused-ring (bicyclic) bond motifs is 1. The van der Waals surface area contributed by atoms with Gasteiger partial charge < -0.3 is 14.8 Å². The van der Waals surface area contributed by atoms with Gasteiger partial charge in [-0.3, -0.25) is 4.79 Å². The Kier molecular flexibility index (Phi) is 5.97. The summed E-state index contributed by atoms with van der Waals surface area (Å²) in [6.07, 6.45) is -0.643. The highest BCUT2D eigenvalue weighted by molar-refractivity contribution is 6.32. The van der Waals surface area contributed by atoms with Gasteiger partial charge in [-0.2, -0.15) is 0 Å². The van der Waals surface area contributed by atoms with E-state index in [2.05, 4.69) is 11.4 Å². The predicted molar refractivity (Wildman–Crippen MR) is 104 cm³/mol. The molecule has 0 aliphatic rings. The van der Waals surface area contributed by atoms with Gasteiger partial charge in [0.05, 0.1) is 11.6 Å². The first-order valence-corrected chi connectivity index (χ1v) is 8.82. The number of rotatable bonds is 7. The Morgan fingerprint density at radius 2 is 1.77 bits per heavy atom. The second-order valence-corrected chi connectivity index (χ2v) is 6.25. The minimum absolute atomic E-state index is 0.216. The van der Waals surface area contributed by atoms with Crippen molar-refractivity contribution in [3.05, 3.63) is 71.8 Å². The average Bonchev–Trinajstić information content (AvgIpc) is 2.66. The molecule has 3 aromatic rings. The Morgan fingerprint density at radius 1 is 1.04 bits per heavy atom. The first kappa shape index (κ1) is 18.1. The van der Waals surface area contributed by atoms with E-state index in [0.29, 0.717) is 23.9 Å². The third kappa shape index (κ3) is 4.67. The van der Waals surface area contributed by atoms with Crippen LogP contribution in [0.4, 0.5) is 0 Å². The maximum atomic E-state index is 12.1. The molecule has 5 heteroatoms. The van der Waals surface area contributed by atoms with Gasteiger partial charge in [-0.25, -0.2) is 0 Å². The molecule has 4 nitrogen and oxygen atoms in total. The summed E-state index contributed by atoms with van der Waals surface area (Å²) in [5, 5.41) is 5.56. The van der Waals surface area contributed by atoms with Gasteiger partial charge in [-0.1, -0.05) is 54.1 Å². The molecule has 1 atom stereocenters. The largest absolute Gasteiger partial charge is 0.492 e. The Balaban J connectivity index is 1.45. The fourth-order valence-corrected chi connectivity index (χ4v) is 2.71. The van der Waals surface area contributed by atoms with E-state index in [1.165, 1.54) is 5.39 Å². The lowest BCUT2D eigenvalue weighted by Gasteiger charge is -2.15. The zero-order valence-corrected chi connectivity index (χ0v) is 15.2. The van der Waals surface area contributed by atoms with Gasteiger partial charge >= 0.3 is 0 Å². The number of amides is 1. The molecular weight excluding hydrogens is 350 g/mol. The molecule has 134 valence electrons. The van der Waals surface area contributed by atoms with Crippen molar-refractivity contribution in [1.29, 1.82) is 0 Å². The number of carbonyl (C=O) groups excluding carboxylic acids is 1. The molecule has 0 saturated heterocycles. The maximum Gasteiger partial charge on any atom is 0.260 e. The quantitative estimate of drug-likeness (QED) is 0.626.